The topological polar surface area (TPSA) is 83.1 Å². The van der Waals surface area contributed by atoms with Gasteiger partial charge in [0.15, 0.2) is 0 Å². The quantitative estimate of drug-likeness (QED) is 0.812. The molecule has 0 unspecified atom stereocenters. The fraction of sp³-hybridized carbons (Fsp3) is 0.412. The van der Waals surface area contributed by atoms with E-state index in [1.54, 1.807) is 24.3 Å². The molecule has 0 amide bonds. The van der Waals surface area contributed by atoms with Gasteiger partial charge >= 0.3 is 0 Å². The first-order valence-corrected chi connectivity index (χ1v) is 7.54. The van der Waals surface area contributed by atoms with E-state index in [9.17, 15) is 5.11 Å². The molecule has 0 bridgehead atoms. The zero-order valence-electron chi connectivity index (χ0n) is 13.7. The summed E-state index contributed by atoms with van der Waals surface area (Å²) in [5.74, 6) is 0.638. The van der Waals surface area contributed by atoms with E-state index in [0.29, 0.717) is 17.9 Å². The van der Waals surface area contributed by atoms with Crippen LogP contribution < -0.4 is 10.1 Å². The van der Waals surface area contributed by atoms with Crippen LogP contribution in [0.4, 0.5) is 0 Å². The van der Waals surface area contributed by atoms with Crippen LogP contribution in [0.2, 0.25) is 0 Å². The second-order valence-electron chi connectivity index (χ2n) is 5.54. The molecule has 2 aromatic rings. The van der Waals surface area contributed by atoms with Crippen LogP contribution in [0.3, 0.4) is 0 Å². The highest BCUT2D eigenvalue weighted by Crippen LogP contribution is 2.16. The van der Waals surface area contributed by atoms with Crippen LogP contribution in [0.25, 0.3) is 0 Å². The molecular weight excluding hydrogens is 292 g/mol. The Labute approximate surface area is 136 Å². The van der Waals surface area contributed by atoms with Gasteiger partial charge in [-0.2, -0.15) is 10.4 Å². The normalized spacial score (nSPS) is 13.3. The van der Waals surface area contributed by atoms with Gasteiger partial charge in [0.05, 0.1) is 17.8 Å². The highest BCUT2D eigenvalue weighted by molar-refractivity contribution is 5.34. The summed E-state index contributed by atoms with van der Waals surface area (Å²) >= 11 is 0. The Kier molecular flexibility index (Phi) is 5.74. The number of aryl methyl sites for hydroxylation is 1. The number of aliphatic hydroxyl groups is 1. The van der Waals surface area contributed by atoms with Gasteiger partial charge in [0, 0.05) is 30.9 Å². The van der Waals surface area contributed by atoms with Crippen LogP contribution in [-0.4, -0.2) is 34.1 Å². The smallest absolute Gasteiger partial charge is 0.119 e. The lowest BCUT2D eigenvalue weighted by molar-refractivity contribution is 0.104. The summed E-state index contributed by atoms with van der Waals surface area (Å²) in [4.78, 5) is 0. The number of hydrogen-bond acceptors (Lipinski definition) is 5. The highest BCUT2D eigenvalue weighted by atomic mass is 16.5. The fourth-order valence-corrected chi connectivity index (χ4v) is 2.24. The van der Waals surface area contributed by atoms with Crippen molar-refractivity contribution < 1.29 is 9.84 Å². The van der Waals surface area contributed by atoms with Crippen molar-refractivity contribution in [1.82, 2.24) is 15.1 Å². The zero-order chi connectivity index (χ0) is 16.8. The van der Waals surface area contributed by atoms with E-state index in [0.717, 1.165) is 11.3 Å². The molecule has 1 aromatic carbocycles. The molecule has 0 saturated heterocycles. The van der Waals surface area contributed by atoms with Crippen molar-refractivity contribution >= 4 is 0 Å². The molecule has 1 aromatic heterocycles. The van der Waals surface area contributed by atoms with E-state index >= 15 is 0 Å². The van der Waals surface area contributed by atoms with Gasteiger partial charge < -0.3 is 15.2 Å². The van der Waals surface area contributed by atoms with Gasteiger partial charge in [0.2, 0.25) is 0 Å². The largest absolute Gasteiger partial charge is 0.491 e. The Morgan fingerprint density at radius 3 is 2.65 bits per heavy atom. The summed E-state index contributed by atoms with van der Waals surface area (Å²) in [6, 6.07) is 8.98. The molecule has 0 fully saturated rings. The van der Waals surface area contributed by atoms with Gasteiger partial charge in [-0.1, -0.05) is 0 Å². The van der Waals surface area contributed by atoms with Crippen LogP contribution in [-0.2, 0) is 7.05 Å². The van der Waals surface area contributed by atoms with Crippen molar-refractivity contribution in [1.29, 1.82) is 5.26 Å². The molecular formula is C17H22N4O2. The lowest BCUT2D eigenvalue weighted by Crippen LogP contribution is -2.33. The summed E-state index contributed by atoms with van der Waals surface area (Å²) in [5, 5.41) is 26.3. The number of nitriles is 1. The Balaban J connectivity index is 1.77. The zero-order valence-corrected chi connectivity index (χ0v) is 13.7. The van der Waals surface area contributed by atoms with E-state index < -0.39 is 6.10 Å². The number of nitrogens with zero attached hydrogens (tertiary/aromatic N) is 3. The second kappa shape index (κ2) is 7.77. The number of nitrogens with one attached hydrogen (secondary N) is 1. The third kappa shape index (κ3) is 4.55. The molecule has 0 saturated carbocycles. The fourth-order valence-electron chi connectivity index (χ4n) is 2.24. The lowest BCUT2D eigenvalue weighted by atomic mass is 10.1. The van der Waals surface area contributed by atoms with E-state index in [-0.39, 0.29) is 12.6 Å². The number of rotatable bonds is 7. The maximum absolute atomic E-state index is 10.0. The van der Waals surface area contributed by atoms with Crippen LogP contribution in [0.1, 0.15) is 29.8 Å². The molecule has 0 aliphatic heterocycles. The number of aliphatic hydroxyl groups excluding tert-OH is 1. The van der Waals surface area contributed by atoms with Crippen LogP contribution in [0.5, 0.6) is 5.75 Å². The molecule has 2 rings (SSSR count). The number of aromatic nitrogens is 2. The van der Waals surface area contributed by atoms with E-state index in [2.05, 4.69) is 16.5 Å². The third-order valence-electron chi connectivity index (χ3n) is 3.83. The van der Waals surface area contributed by atoms with Crippen molar-refractivity contribution in [2.24, 2.45) is 7.05 Å². The van der Waals surface area contributed by atoms with Crippen molar-refractivity contribution in [3.63, 3.8) is 0 Å². The molecule has 2 atom stereocenters. The van der Waals surface area contributed by atoms with Crippen LogP contribution >= 0.6 is 0 Å². The van der Waals surface area contributed by atoms with Gasteiger partial charge in [-0.25, -0.2) is 0 Å². The van der Waals surface area contributed by atoms with Crippen LogP contribution in [0.15, 0.2) is 30.5 Å². The summed E-state index contributed by atoms with van der Waals surface area (Å²) in [6.07, 6.45) is 1.22. The molecule has 2 N–H and O–H groups in total. The monoisotopic (exact) mass is 314 g/mol. The van der Waals surface area contributed by atoms with Gasteiger partial charge in [-0.15, -0.1) is 0 Å². The third-order valence-corrected chi connectivity index (χ3v) is 3.83. The molecule has 0 aliphatic carbocycles. The molecule has 122 valence electrons. The summed E-state index contributed by atoms with van der Waals surface area (Å²) in [5.41, 5.74) is 2.81. The van der Waals surface area contributed by atoms with Crippen molar-refractivity contribution in [2.75, 3.05) is 13.2 Å². The predicted molar refractivity (Wildman–Crippen MR) is 87.0 cm³/mol. The SMILES string of the molecule is Cc1c([C@H](C)NC[C@@H](O)COc2ccc(C#N)cc2)cnn1C. The second-order valence-corrected chi connectivity index (χ2v) is 5.54. The van der Waals surface area contributed by atoms with Crippen molar-refractivity contribution in [3.8, 4) is 11.8 Å². The maximum atomic E-state index is 10.0. The minimum Gasteiger partial charge on any atom is -0.491 e. The van der Waals surface area contributed by atoms with Gasteiger partial charge in [0.25, 0.3) is 0 Å². The molecule has 0 spiro atoms. The minimum absolute atomic E-state index is 0.105. The van der Waals surface area contributed by atoms with Crippen molar-refractivity contribution in [3.05, 3.63) is 47.3 Å². The standard InChI is InChI=1S/C17H22N4O2/c1-12(17-10-20-21(3)13(17)2)19-9-15(22)11-23-16-6-4-14(8-18)5-7-16/h4-7,10,12,15,19,22H,9,11H2,1-3H3/t12-,15+/m0/s1. The Morgan fingerprint density at radius 1 is 1.39 bits per heavy atom. The molecule has 6 heteroatoms. The van der Waals surface area contributed by atoms with Gasteiger partial charge in [0.1, 0.15) is 18.5 Å². The minimum atomic E-state index is -0.620. The highest BCUT2D eigenvalue weighted by Gasteiger charge is 2.13. The number of hydrogen-bond donors (Lipinski definition) is 2. The van der Waals surface area contributed by atoms with Gasteiger partial charge in [-0.05, 0) is 38.1 Å². The Hall–Kier alpha value is -2.36. The number of benzene rings is 1. The van der Waals surface area contributed by atoms with Crippen molar-refractivity contribution in [2.45, 2.75) is 26.0 Å². The predicted octanol–water partition coefficient (Wildman–Crippen LogP) is 1.69. The first-order chi connectivity index (χ1) is 11.0. The first kappa shape index (κ1) is 17.0. The van der Waals surface area contributed by atoms with E-state index in [1.165, 1.54) is 0 Å². The average molecular weight is 314 g/mol. The summed E-state index contributed by atoms with van der Waals surface area (Å²) < 4.78 is 7.35. The summed E-state index contributed by atoms with van der Waals surface area (Å²) in [7, 11) is 1.91. The lowest BCUT2D eigenvalue weighted by Gasteiger charge is -2.17. The molecule has 1 heterocycles. The van der Waals surface area contributed by atoms with E-state index in [4.69, 9.17) is 10.00 Å². The molecule has 23 heavy (non-hydrogen) atoms. The maximum Gasteiger partial charge on any atom is 0.119 e. The first-order valence-electron chi connectivity index (χ1n) is 7.54. The Bertz CT molecular complexity index is 673. The Morgan fingerprint density at radius 2 is 2.09 bits per heavy atom. The number of ether oxygens (including phenoxy) is 1. The van der Waals surface area contributed by atoms with Gasteiger partial charge in [-0.3, -0.25) is 4.68 Å². The molecule has 0 radical (unpaired) electrons. The average Bonchev–Trinajstić information content (AvgIpc) is 2.90. The molecule has 0 aliphatic rings. The van der Waals surface area contributed by atoms with E-state index in [1.807, 2.05) is 31.8 Å². The van der Waals surface area contributed by atoms with Crippen LogP contribution in [0, 0.1) is 18.3 Å². The summed E-state index contributed by atoms with van der Waals surface area (Å²) in [6.45, 7) is 4.67. The molecule has 6 nitrogen and oxygen atoms in total.